The van der Waals surface area contributed by atoms with Gasteiger partial charge in [0.2, 0.25) is 0 Å². The van der Waals surface area contributed by atoms with Gasteiger partial charge in [0, 0.05) is 31.1 Å². The van der Waals surface area contributed by atoms with Gasteiger partial charge in [0.15, 0.2) is 0 Å². The van der Waals surface area contributed by atoms with Gasteiger partial charge in [0.05, 0.1) is 12.3 Å². The molecule has 1 aromatic rings. The SMILES string of the molecule is CC(C)N1CC(C)(COc2cccc3c2NCC3)C1. The van der Waals surface area contributed by atoms with E-state index >= 15 is 0 Å². The minimum absolute atomic E-state index is 0.311. The van der Waals surface area contributed by atoms with Gasteiger partial charge in [-0.15, -0.1) is 0 Å². The first kappa shape index (κ1) is 12.8. The summed E-state index contributed by atoms with van der Waals surface area (Å²) in [5.74, 6) is 1.03. The van der Waals surface area contributed by atoms with Crippen molar-refractivity contribution < 1.29 is 4.74 Å². The summed E-state index contributed by atoms with van der Waals surface area (Å²) in [5.41, 5.74) is 2.91. The molecule has 0 aliphatic carbocycles. The van der Waals surface area contributed by atoms with Gasteiger partial charge in [-0.05, 0) is 31.9 Å². The third-order valence-corrected chi connectivity index (χ3v) is 4.28. The maximum absolute atomic E-state index is 6.09. The molecule has 0 atom stereocenters. The van der Waals surface area contributed by atoms with Crippen LogP contribution in [-0.4, -0.2) is 37.2 Å². The zero-order chi connectivity index (χ0) is 13.5. The van der Waals surface area contributed by atoms with E-state index in [1.807, 2.05) is 0 Å². The third-order valence-electron chi connectivity index (χ3n) is 4.28. The van der Waals surface area contributed by atoms with Gasteiger partial charge < -0.3 is 10.1 Å². The largest absolute Gasteiger partial charge is 0.491 e. The Hall–Kier alpha value is -1.22. The fourth-order valence-corrected chi connectivity index (χ4v) is 3.07. The second-order valence-corrected chi connectivity index (χ2v) is 6.57. The van der Waals surface area contributed by atoms with Crippen LogP contribution in [-0.2, 0) is 6.42 Å². The van der Waals surface area contributed by atoms with Crippen LogP contribution in [0.1, 0.15) is 26.3 Å². The van der Waals surface area contributed by atoms with Crippen LogP contribution in [0.15, 0.2) is 18.2 Å². The molecule has 0 unspecified atom stereocenters. The van der Waals surface area contributed by atoms with Crippen molar-refractivity contribution in [3.05, 3.63) is 23.8 Å². The Labute approximate surface area is 115 Å². The second kappa shape index (κ2) is 4.71. The van der Waals surface area contributed by atoms with Crippen molar-refractivity contribution in [2.75, 3.05) is 31.6 Å². The lowest BCUT2D eigenvalue weighted by Gasteiger charge is -2.49. The summed E-state index contributed by atoms with van der Waals surface area (Å²) >= 11 is 0. The van der Waals surface area contributed by atoms with E-state index in [9.17, 15) is 0 Å². The lowest BCUT2D eigenvalue weighted by Crippen LogP contribution is -2.59. The number of nitrogens with one attached hydrogen (secondary N) is 1. The molecule has 3 nitrogen and oxygen atoms in total. The highest BCUT2D eigenvalue weighted by atomic mass is 16.5. The summed E-state index contributed by atoms with van der Waals surface area (Å²) in [7, 11) is 0. The first-order valence-electron chi connectivity index (χ1n) is 7.30. The Morgan fingerprint density at radius 3 is 2.89 bits per heavy atom. The molecule has 1 N–H and O–H groups in total. The summed E-state index contributed by atoms with van der Waals surface area (Å²) in [6.45, 7) is 11.0. The van der Waals surface area contributed by atoms with Gasteiger partial charge in [0.25, 0.3) is 0 Å². The van der Waals surface area contributed by atoms with Crippen molar-refractivity contribution in [2.45, 2.75) is 33.2 Å². The van der Waals surface area contributed by atoms with E-state index < -0.39 is 0 Å². The highest BCUT2D eigenvalue weighted by molar-refractivity contribution is 5.65. The lowest BCUT2D eigenvalue weighted by atomic mass is 9.82. The first-order valence-corrected chi connectivity index (χ1v) is 7.30. The molecular weight excluding hydrogens is 236 g/mol. The quantitative estimate of drug-likeness (QED) is 0.901. The zero-order valence-electron chi connectivity index (χ0n) is 12.2. The number of anilines is 1. The molecule has 104 valence electrons. The summed E-state index contributed by atoms with van der Waals surface area (Å²) in [4.78, 5) is 2.50. The number of hydrogen-bond donors (Lipinski definition) is 1. The number of nitrogens with zero attached hydrogens (tertiary/aromatic N) is 1. The van der Waals surface area contributed by atoms with Crippen LogP contribution in [0.25, 0.3) is 0 Å². The molecule has 3 heteroatoms. The number of ether oxygens (including phenoxy) is 1. The summed E-state index contributed by atoms with van der Waals surface area (Å²) in [6, 6.07) is 7.02. The van der Waals surface area contributed by atoms with E-state index in [-0.39, 0.29) is 0 Å². The van der Waals surface area contributed by atoms with Crippen molar-refractivity contribution in [1.29, 1.82) is 0 Å². The standard InChI is InChI=1S/C16H24N2O/c1-12(2)18-9-16(3,10-18)11-19-14-6-4-5-13-7-8-17-15(13)14/h4-6,12,17H,7-11H2,1-3H3. The van der Waals surface area contributed by atoms with Crippen molar-refractivity contribution in [3.63, 3.8) is 0 Å². The van der Waals surface area contributed by atoms with E-state index in [0.717, 1.165) is 38.4 Å². The molecule has 1 aromatic carbocycles. The summed E-state index contributed by atoms with van der Waals surface area (Å²) < 4.78 is 6.09. The van der Waals surface area contributed by atoms with Crippen LogP contribution in [0.5, 0.6) is 5.75 Å². The van der Waals surface area contributed by atoms with E-state index in [2.05, 4.69) is 49.2 Å². The average Bonchev–Trinajstić information content (AvgIpc) is 2.81. The van der Waals surface area contributed by atoms with Crippen LogP contribution in [0.3, 0.4) is 0 Å². The maximum atomic E-state index is 6.09. The van der Waals surface area contributed by atoms with Crippen LogP contribution in [0, 0.1) is 5.41 Å². The number of fused-ring (bicyclic) bond motifs is 1. The van der Waals surface area contributed by atoms with Gasteiger partial charge in [-0.2, -0.15) is 0 Å². The molecule has 0 amide bonds. The summed E-state index contributed by atoms with van der Waals surface area (Å²) in [6.07, 6.45) is 1.12. The van der Waals surface area contributed by atoms with Gasteiger partial charge >= 0.3 is 0 Å². The van der Waals surface area contributed by atoms with E-state index in [1.54, 1.807) is 0 Å². The number of rotatable bonds is 4. The number of likely N-dealkylation sites (tertiary alicyclic amines) is 1. The smallest absolute Gasteiger partial charge is 0.142 e. The molecule has 0 spiro atoms. The highest BCUT2D eigenvalue weighted by Gasteiger charge is 2.40. The van der Waals surface area contributed by atoms with E-state index in [0.29, 0.717) is 11.5 Å². The minimum atomic E-state index is 0.311. The number of benzene rings is 1. The molecule has 3 rings (SSSR count). The molecule has 1 fully saturated rings. The van der Waals surface area contributed by atoms with Gasteiger partial charge in [0.1, 0.15) is 5.75 Å². The minimum Gasteiger partial charge on any atom is -0.491 e. The zero-order valence-corrected chi connectivity index (χ0v) is 12.2. The lowest BCUT2D eigenvalue weighted by molar-refractivity contribution is -0.0374. The first-order chi connectivity index (χ1) is 9.07. The molecule has 2 heterocycles. The van der Waals surface area contributed by atoms with Gasteiger partial charge in [-0.1, -0.05) is 19.1 Å². The Balaban J connectivity index is 1.60. The van der Waals surface area contributed by atoms with Crippen molar-refractivity contribution in [1.82, 2.24) is 4.90 Å². The Bertz CT molecular complexity index is 464. The fourth-order valence-electron chi connectivity index (χ4n) is 3.07. The van der Waals surface area contributed by atoms with Gasteiger partial charge in [-0.25, -0.2) is 0 Å². The molecule has 2 aliphatic heterocycles. The van der Waals surface area contributed by atoms with Crippen LogP contribution >= 0.6 is 0 Å². The van der Waals surface area contributed by atoms with Gasteiger partial charge in [-0.3, -0.25) is 4.90 Å². The highest BCUT2D eigenvalue weighted by Crippen LogP contribution is 2.36. The Kier molecular flexibility index (Phi) is 3.17. The predicted octanol–water partition coefficient (Wildman–Crippen LogP) is 2.76. The number of hydrogen-bond acceptors (Lipinski definition) is 3. The van der Waals surface area contributed by atoms with E-state index in [1.165, 1.54) is 11.3 Å². The van der Waals surface area contributed by atoms with Crippen molar-refractivity contribution >= 4 is 5.69 Å². The maximum Gasteiger partial charge on any atom is 0.142 e. The molecule has 0 saturated carbocycles. The fraction of sp³-hybridized carbons (Fsp3) is 0.625. The predicted molar refractivity (Wildman–Crippen MR) is 78.9 cm³/mol. The second-order valence-electron chi connectivity index (χ2n) is 6.57. The Morgan fingerprint density at radius 2 is 2.16 bits per heavy atom. The molecule has 0 bridgehead atoms. The number of para-hydroxylation sites is 1. The molecule has 0 radical (unpaired) electrons. The molecular formula is C16H24N2O. The Morgan fingerprint density at radius 1 is 1.37 bits per heavy atom. The van der Waals surface area contributed by atoms with Crippen molar-refractivity contribution in [2.24, 2.45) is 5.41 Å². The van der Waals surface area contributed by atoms with Crippen LogP contribution in [0.2, 0.25) is 0 Å². The van der Waals surface area contributed by atoms with Crippen LogP contribution in [0.4, 0.5) is 5.69 Å². The molecule has 2 aliphatic rings. The van der Waals surface area contributed by atoms with Crippen LogP contribution < -0.4 is 10.1 Å². The molecule has 1 saturated heterocycles. The summed E-state index contributed by atoms with van der Waals surface area (Å²) in [5, 5.41) is 3.43. The third kappa shape index (κ3) is 2.44. The average molecular weight is 260 g/mol. The normalized spacial score (nSPS) is 20.8. The van der Waals surface area contributed by atoms with Crippen molar-refractivity contribution in [3.8, 4) is 5.75 Å². The topological polar surface area (TPSA) is 24.5 Å². The molecule has 0 aromatic heterocycles. The molecule has 19 heavy (non-hydrogen) atoms. The van der Waals surface area contributed by atoms with E-state index in [4.69, 9.17) is 4.74 Å². The monoisotopic (exact) mass is 260 g/mol.